The molecule has 0 bridgehead atoms. The first-order valence-electron chi connectivity index (χ1n) is 8.31. The summed E-state index contributed by atoms with van der Waals surface area (Å²) in [6, 6.07) is 13.1. The number of H-pyrrole nitrogens is 1. The lowest BCUT2D eigenvalue weighted by Crippen LogP contribution is -2.05. The van der Waals surface area contributed by atoms with E-state index < -0.39 is 0 Å². The van der Waals surface area contributed by atoms with Crippen LogP contribution in [0.25, 0.3) is 22.3 Å². The highest BCUT2D eigenvalue weighted by atomic mass is 15.2. The van der Waals surface area contributed by atoms with Gasteiger partial charge < -0.3 is 11.1 Å². The molecule has 0 saturated heterocycles. The van der Waals surface area contributed by atoms with Crippen LogP contribution in [0.15, 0.2) is 42.6 Å². The molecule has 1 aromatic carbocycles. The number of hydrogen-bond donors (Lipinski definition) is 3. The predicted molar refractivity (Wildman–Crippen MR) is 103 cm³/mol. The van der Waals surface area contributed by atoms with E-state index in [1.807, 2.05) is 31.2 Å². The van der Waals surface area contributed by atoms with Gasteiger partial charge in [-0.15, -0.1) is 0 Å². The van der Waals surface area contributed by atoms with Crippen molar-refractivity contribution >= 4 is 22.8 Å². The van der Waals surface area contributed by atoms with Crippen molar-refractivity contribution in [2.75, 3.05) is 11.1 Å². The number of fused-ring (bicyclic) bond motifs is 1. The number of aryl methyl sites for hydroxylation is 1. The zero-order chi connectivity index (χ0) is 18.8. The summed E-state index contributed by atoms with van der Waals surface area (Å²) in [5.41, 5.74) is 10.5. The minimum atomic E-state index is 0.444. The molecule has 0 fully saturated rings. The molecule has 0 unspecified atom stereocenters. The highest BCUT2D eigenvalue weighted by Crippen LogP contribution is 2.23. The van der Waals surface area contributed by atoms with Crippen molar-refractivity contribution < 1.29 is 0 Å². The van der Waals surface area contributed by atoms with Crippen LogP contribution in [0.2, 0.25) is 0 Å². The maximum atomic E-state index is 9.01. The Balaban J connectivity index is 1.57. The van der Waals surface area contributed by atoms with Crippen molar-refractivity contribution in [1.82, 2.24) is 25.1 Å². The molecular weight excluding hydrogens is 340 g/mol. The van der Waals surface area contributed by atoms with Crippen molar-refractivity contribution in [2.24, 2.45) is 0 Å². The third-order valence-electron chi connectivity index (χ3n) is 4.23. The average Bonchev–Trinajstić information content (AvgIpc) is 3.08. The molecule has 8 nitrogen and oxygen atoms in total. The van der Waals surface area contributed by atoms with Crippen LogP contribution in [0.4, 0.5) is 11.8 Å². The standard InChI is InChI=1S/C19H16N8/c1-11-8-12(9-20)2-3-13(11)15-6-7-22-19(24-15)23-10-16-14-4-5-17(21)25-18(14)27-26-16/h2-8H,10H2,1H3,(H,22,23,24)(H3,21,25,26,27). The summed E-state index contributed by atoms with van der Waals surface area (Å²) in [4.78, 5) is 13.1. The predicted octanol–water partition coefficient (Wildman–Crippen LogP) is 2.79. The van der Waals surface area contributed by atoms with Crippen LogP contribution in [-0.2, 0) is 6.54 Å². The summed E-state index contributed by atoms with van der Waals surface area (Å²) < 4.78 is 0. The minimum Gasteiger partial charge on any atom is -0.384 e. The summed E-state index contributed by atoms with van der Waals surface area (Å²) in [7, 11) is 0. The number of nitrogens with zero attached hydrogens (tertiary/aromatic N) is 5. The van der Waals surface area contributed by atoms with E-state index in [4.69, 9.17) is 11.0 Å². The molecule has 0 aliphatic heterocycles. The largest absolute Gasteiger partial charge is 0.384 e. The second-order valence-electron chi connectivity index (χ2n) is 6.06. The normalized spacial score (nSPS) is 10.7. The van der Waals surface area contributed by atoms with E-state index in [1.54, 1.807) is 18.3 Å². The Morgan fingerprint density at radius 1 is 1.19 bits per heavy atom. The molecule has 0 aliphatic carbocycles. The fourth-order valence-corrected chi connectivity index (χ4v) is 2.89. The number of nitrogen functional groups attached to an aromatic ring is 1. The molecule has 8 heteroatoms. The van der Waals surface area contributed by atoms with Gasteiger partial charge in [0.05, 0.1) is 29.6 Å². The highest BCUT2D eigenvalue weighted by molar-refractivity contribution is 5.79. The molecule has 4 rings (SSSR count). The molecule has 132 valence electrons. The Bertz CT molecular complexity index is 1170. The molecule has 4 N–H and O–H groups in total. The summed E-state index contributed by atoms with van der Waals surface area (Å²) >= 11 is 0. The number of rotatable bonds is 4. The number of nitriles is 1. The van der Waals surface area contributed by atoms with E-state index in [1.165, 1.54) is 0 Å². The summed E-state index contributed by atoms with van der Waals surface area (Å²) in [6.45, 7) is 2.40. The zero-order valence-electron chi connectivity index (χ0n) is 14.6. The van der Waals surface area contributed by atoms with Gasteiger partial charge >= 0.3 is 0 Å². The first kappa shape index (κ1) is 16.5. The number of aromatic nitrogens is 5. The van der Waals surface area contributed by atoms with Crippen LogP contribution in [0.3, 0.4) is 0 Å². The van der Waals surface area contributed by atoms with E-state index in [9.17, 15) is 0 Å². The minimum absolute atomic E-state index is 0.444. The van der Waals surface area contributed by atoms with E-state index >= 15 is 0 Å². The molecule has 3 heterocycles. The number of anilines is 2. The van der Waals surface area contributed by atoms with E-state index in [0.717, 1.165) is 27.9 Å². The number of benzene rings is 1. The van der Waals surface area contributed by atoms with Gasteiger partial charge in [-0.1, -0.05) is 6.07 Å². The molecule has 0 aliphatic rings. The van der Waals surface area contributed by atoms with Crippen molar-refractivity contribution in [2.45, 2.75) is 13.5 Å². The van der Waals surface area contributed by atoms with Gasteiger partial charge in [0.25, 0.3) is 0 Å². The van der Waals surface area contributed by atoms with Crippen LogP contribution >= 0.6 is 0 Å². The number of nitrogens with one attached hydrogen (secondary N) is 2. The van der Waals surface area contributed by atoms with Crippen molar-refractivity contribution in [3.05, 3.63) is 59.4 Å². The summed E-state index contributed by atoms with van der Waals surface area (Å²) in [5, 5.41) is 20.2. The monoisotopic (exact) mass is 356 g/mol. The Hall–Kier alpha value is -3.99. The first-order valence-corrected chi connectivity index (χ1v) is 8.31. The van der Waals surface area contributed by atoms with Crippen LogP contribution in [0.5, 0.6) is 0 Å². The van der Waals surface area contributed by atoms with Gasteiger partial charge in [-0.25, -0.2) is 15.0 Å². The number of aromatic amines is 1. The van der Waals surface area contributed by atoms with Gasteiger partial charge in [0.2, 0.25) is 5.95 Å². The SMILES string of the molecule is Cc1cc(C#N)ccc1-c1ccnc(NCc2n[nH]c3nc(N)ccc23)n1. The number of hydrogen-bond acceptors (Lipinski definition) is 7. The van der Waals surface area contributed by atoms with Gasteiger partial charge in [0.15, 0.2) is 5.65 Å². The van der Waals surface area contributed by atoms with Crippen molar-refractivity contribution in [3.63, 3.8) is 0 Å². The topological polar surface area (TPSA) is 129 Å². The summed E-state index contributed by atoms with van der Waals surface area (Å²) in [5.74, 6) is 0.940. The second-order valence-corrected chi connectivity index (χ2v) is 6.06. The van der Waals surface area contributed by atoms with E-state index in [2.05, 4.69) is 36.5 Å². The fraction of sp³-hybridized carbons (Fsp3) is 0.105. The molecule has 0 atom stereocenters. The Morgan fingerprint density at radius 3 is 2.89 bits per heavy atom. The lowest BCUT2D eigenvalue weighted by atomic mass is 10.0. The number of nitrogens with two attached hydrogens (primary N) is 1. The van der Waals surface area contributed by atoms with Gasteiger partial charge in [0, 0.05) is 17.1 Å². The average molecular weight is 356 g/mol. The summed E-state index contributed by atoms with van der Waals surface area (Å²) in [6.07, 6.45) is 1.70. The second kappa shape index (κ2) is 6.72. The van der Waals surface area contributed by atoms with Crippen molar-refractivity contribution in [3.8, 4) is 17.3 Å². The van der Waals surface area contributed by atoms with E-state index in [-0.39, 0.29) is 0 Å². The van der Waals surface area contributed by atoms with Crippen LogP contribution in [-0.4, -0.2) is 25.1 Å². The Morgan fingerprint density at radius 2 is 2.07 bits per heavy atom. The lowest BCUT2D eigenvalue weighted by molar-refractivity contribution is 0.970. The first-order chi connectivity index (χ1) is 13.1. The van der Waals surface area contributed by atoms with Gasteiger partial charge in [0.1, 0.15) is 5.82 Å². The molecule has 0 radical (unpaired) electrons. The highest BCUT2D eigenvalue weighted by Gasteiger charge is 2.09. The molecule has 27 heavy (non-hydrogen) atoms. The molecule has 0 saturated carbocycles. The van der Waals surface area contributed by atoms with E-state index in [0.29, 0.717) is 29.5 Å². The van der Waals surface area contributed by atoms with Gasteiger partial charge in [-0.2, -0.15) is 10.4 Å². The molecule has 0 amide bonds. The third-order valence-corrected chi connectivity index (χ3v) is 4.23. The van der Waals surface area contributed by atoms with Crippen molar-refractivity contribution in [1.29, 1.82) is 5.26 Å². The van der Waals surface area contributed by atoms with Crippen LogP contribution in [0, 0.1) is 18.3 Å². The zero-order valence-corrected chi connectivity index (χ0v) is 14.6. The van der Waals surface area contributed by atoms with Gasteiger partial charge in [-0.3, -0.25) is 5.10 Å². The molecule has 0 spiro atoms. The maximum Gasteiger partial charge on any atom is 0.223 e. The lowest BCUT2D eigenvalue weighted by Gasteiger charge is -2.08. The van der Waals surface area contributed by atoms with Gasteiger partial charge in [-0.05, 0) is 42.8 Å². The Kier molecular flexibility index (Phi) is 4.10. The molecular formula is C19H16N8. The van der Waals surface area contributed by atoms with Crippen LogP contribution < -0.4 is 11.1 Å². The molecule has 3 aromatic heterocycles. The quantitative estimate of drug-likeness (QED) is 0.512. The maximum absolute atomic E-state index is 9.01. The van der Waals surface area contributed by atoms with Crippen LogP contribution in [0.1, 0.15) is 16.8 Å². The Labute approximate surface area is 155 Å². The fourth-order valence-electron chi connectivity index (χ4n) is 2.89. The smallest absolute Gasteiger partial charge is 0.223 e. The third kappa shape index (κ3) is 3.26. The molecule has 4 aromatic rings. The number of pyridine rings is 1.